The maximum Gasteiger partial charge on any atom is 0.232 e. The van der Waals surface area contributed by atoms with Crippen molar-refractivity contribution in [1.29, 1.82) is 0 Å². The Bertz CT molecular complexity index is 532. The van der Waals surface area contributed by atoms with Crippen LogP contribution in [0.5, 0.6) is 11.5 Å². The minimum absolute atomic E-state index is 0.0814. The highest BCUT2D eigenvalue weighted by atomic mass is 32.2. The molecule has 0 atom stereocenters. The van der Waals surface area contributed by atoms with Gasteiger partial charge in [0.25, 0.3) is 0 Å². The Labute approximate surface area is 126 Å². The summed E-state index contributed by atoms with van der Waals surface area (Å²) in [6.07, 6.45) is 1.61. The van der Waals surface area contributed by atoms with Crippen molar-refractivity contribution in [2.24, 2.45) is 0 Å². The highest BCUT2D eigenvalue weighted by Gasteiger charge is 2.12. The molecule has 120 valence electrons. The summed E-state index contributed by atoms with van der Waals surface area (Å²) in [6, 6.07) is 4.92. The highest BCUT2D eigenvalue weighted by molar-refractivity contribution is 7.92. The second kappa shape index (κ2) is 8.74. The monoisotopic (exact) mass is 316 g/mol. The highest BCUT2D eigenvalue weighted by Crippen LogP contribution is 2.30. The fraction of sp³-hybridized carbons (Fsp3) is 0.571. The summed E-state index contributed by atoms with van der Waals surface area (Å²) in [6.45, 7) is 3.67. The second-order valence-corrected chi connectivity index (χ2v) is 6.44. The maximum atomic E-state index is 12.0. The van der Waals surface area contributed by atoms with E-state index in [4.69, 9.17) is 9.47 Å². The largest absolute Gasteiger partial charge is 0.493 e. The molecule has 0 fully saturated rings. The Balaban J connectivity index is 2.58. The summed E-state index contributed by atoms with van der Waals surface area (Å²) < 4.78 is 36.8. The molecule has 0 spiro atoms. The predicted octanol–water partition coefficient (Wildman–Crippen LogP) is 1.84. The van der Waals surface area contributed by atoms with E-state index in [1.807, 2.05) is 0 Å². The molecule has 0 heterocycles. The Morgan fingerprint density at radius 1 is 1.10 bits per heavy atom. The Hall–Kier alpha value is -1.47. The fourth-order valence-corrected chi connectivity index (χ4v) is 2.93. The van der Waals surface area contributed by atoms with Crippen molar-refractivity contribution in [2.45, 2.75) is 19.8 Å². The Kier molecular flexibility index (Phi) is 7.31. The van der Waals surface area contributed by atoms with Crippen molar-refractivity contribution in [3.05, 3.63) is 18.2 Å². The molecule has 2 N–H and O–H groups in total. The number of sulfonamides is 1. The topological polar surface area (TPSA) is 76.7 Å². The van der Waals surface area contributed by atoms with Crippen LogP contribution < -0.4 is 19.5 Å². The molecule has 0 radical (unpaired) electrons. The minimum Gasteiger partial charge on any atom is -0.493 e. The molecule has 0 saturated heterocycles. The van der Waals surface area contributed by atoms with Gasteiger partial charge in [-0.3, -0.25) is 4.72 Å². The van der Waals surface area contributed by atoms with Crippen LogP contribution in [-0.4, -0.2) is 41.5 Å². The lowest BCUT2D eigenvalue weighted by Crippen LogP contribution is -2.22. The third kappa shape index (κ3) is 6.22. The number of benzene rings is 1. The van der Waals surface area contributed by atoms with E-state index in [0.717, 1.165) is 13.0 Å². The Morgan fingerprint density at radius 2 is 1.81 bits per heavy atom. The van der Waals surface area contributed by atoms with Gasteiger partial charge in [-0.2, -0.15) is 0 Å². The van der Waals surface area contributed by atoms with Gasteiger partial charge in [0.15, 0.2) is 11.5 Å². The van der Waals surface area contributed by atoms with Crippen LogP contribution in [0.1, 0.15) is 19.8 Å². The third-order valence-electron chi connectivity index (χ3n) is 2.85. The van der Waals surface area contributed by atoms with Crippen molar-refractivity contribution in [3.63, 3.8) is 0 Å². The third-order valence-corrected chi connectivity index (χ3v) is 4.22. The summed E-state index contributed by atoms with van der Waals surface area (Å²) in [5.41, 5.74) is 0.467. The smallest absolute Gasteiger partial charge is 0.232 e. The molecule has 1 aromatic carbocycles. The lowest BCUT2D eigenvalue weighted by Gasteiger charge is -2.12. The van der Waals surface area contributed by atoms with Crippen molar-refractivity contribution >= 4 is 15.7 Å². The van der Waals surface area contributed by atoms with Gasteiger partial charge in [0.1, 0.15) is 0 Å². The molecule has 7 heteroatoms. The standard InChI is InChI=1S/C14H24N2O4S/c1-4-8-15-9-5-10-21(17,18)16-12-6-7-13(19-2)14(11-12)20-3/h6-7,11,15-16H,4-5,8-10H2,1-3H3. The summed E-state index contributed by atoms with van der Waals surface area (Å²) in [4.78, 5) is 0. The molecule has 0 unspecified atom stereocenters. The average molecular weight is 316 g/mol. The normalized spacial score (nSPS) is 11.2. The summed E-state index contributed by atoms with van der Waals surface area (Å²) in [5.74, 6) is 1.13. The van der Waals surface area contributed by atoms with Gasteiger partial charge >= 0.3 is 0 Å². The molecule has 21 heavy (non-hydrogen) atoms. The van der Waals surface area contributed by atoms with Crippen molar-refractivity contribution < 1.29 is 17.9 Å². The number of nitrogens with one attached hydrogen (secondary N) is 2. The van der Waals surface area contributed by atoms with E-state index in [9.17, 15) is 8.42 Å². The number of hydrogen-bond acceptors (Lipinski definition) is 5. The summed E-state index contributed by atoms with van der Waals surface area (Å²) in [5, 5.41) is 3.18. The quantitative estimate of drug-likeness (QED) is 0.644. The van der Waals surface area contributed by atoms with Crippen LogP contribution in [0.25, 0.3) is 0 Å². The summed E-state index contributed by atoms with van der Waals surface area (Å²) in [7, 11) is -0.311. The number of anilines is 1. The molecule has 0 bridgehead atoms. The van der Waals surface area contributed by atoms with Crippen LogP contribution in [0.2, 0.25) is 0 Å². The molecule has 0 aliphatic carbocycles. The van der Waals surface area contributed by atoms with Gasteiger partial charge in [0, 0.05) is 6.07 Å². The lowest BCUT2D eigenvalue weighted by atomic mass is 10.3. The number of rotatable bonds is 10. The first-order valence-electron chi connectivity index (χ1n) is 6.95. The van der Waals surface area contributed by atoms with Crippen molar-refractivity contribution in [1.82, 2.24) is 5.32 Å². The van der Waals surface area contributed by atoms with E-state index in [2.05, 4.69) is 17.0 Å². The van der Waals surface area contributed by atoms with E-state index >= 15 is 0 Å². The van der Waals surface area contributed by atoms with Crippen LogP contribution in [-0.2, 0) is 10.0 Å². The molecule has 1 aromatic rings. The minimum atomic E-state index is -3.35. The van der Waals surface area contributed by atoms with Gasteiger partial charge in [-0.15, -0.1) is 0 Å². The van der Waals surface area contributed by atoms with E-state index in [1.54, 1.807) is 18.2 Å². The fourth-order valence-electron chi connectivity index (χ4n) is 1.82. The molecule has 0 aromatic heterocycles. The van der Waals surface area contributed by atoms with E-state index in [0.29, 0.717) is 30.2 Å². The first kappa shape index (κ1) is 17.6. The zero-order chi connectivity index (χ0) is 15.7. The average Bonchev–Trinajstić information content (AvgIpc) is 2.46. The van der Waals surface area contributed by atoms with Gasteiger partial charge in [-0.1, -0.05) is 6.92 Å². The molecule has 0 aliphatic heterocycles. The van der Waals surface area contributed by atoms with Gasteiger partial charge < -0.3 is 14.8 Å². The van der Waals surface area contributed by atoms with Crippen LogP contribution >= 0.6 is 0 Å². The SMILES string of the molecule is CCCNCCCS(=O)(=O)Nc1ccc(OC)c(OC)c1. The lowest BCUT2D eigenvalue weighted by molar-refractivity contribution is 0.355. The molecule has 0 aliphatic rings. The van der Waals surface area contributed by atoms with Gasteiger partial charge in [-0.25, -0.2) is 8.42 Å². The Morgan fingerprint density at radius 3 is 2.43 bits per heavy atom. The van der Waals surface area contributed by atoms with Gasteiger partial charge in [-0.05, 0) is 38.1 Å². The maximum absolute atomic E-state index is 12.0. The van der Waals surface area contributed by atoms with Crippen molar-refractivity contribution in [2.75, 3.05) is 37.8 Å². The van der Waals surface area contributed by atoms with Gasteiger partial charge in [0.2, 0.25) is 10.0 Å². The summed E-state index contributed by atoms with van der Waals surface area (Å²) >= 11 is 0. The molecule has 0 amide bonds. The molecular formula is C14H24N2O4S. The molecular weight excluding hydrogens is 292 g/mol. The first-order valence-corrected chi connectivity index (χ1v) is 8.61. The van der Waals surface area contributed by atoms with Crippen LogP contribution in [0.4, 0.5) is 5.69 Å². The molecule has 6 nitrogen and oxygen atoms in total. The zero-order valence-electron chi connectivity index (χ0n) is 12.8. The van der Waals surface area contributed by atoms with E-state index < -0.39 is 10.0 Å². The predicted molar refractivity (Wildman–Crippen MR) is 84.7 cm³/mol. The number of hydrogen-bond donors (Lipinski definition) is 2. The first-order chi connectivity index (χ1) is 10.0. The zero-order valence-corrected chi connectivity index (χ0v) is 13.6. The van der Waals surface area contributed by atoms with E-state index in [1.165, 1.54) is 14.2 Å². The van der Waals surface area contributed by atoms with Crippen LogP contribution in [0.3, 0.4) is 0 Å². The van der Waals surface area contributed by atoms with Gasteiger partial charge in [0.05, 0.1) is 25.7 Å². The van der Waals surface area contributed by atoms with Crippen LogP contribution in [0, 0.1) is 0 Å². The van der Waals surface area contributed by atoms with Crippen LogP contribution in [0.15, 0.2) is 18.2 Å². The van der Waals surface area contributed by atoms with Crippen molar-refractivity contribution in [3.8, 4) is 11.5 Å². The number of methoxy groups -OCH3 is 2. The number of ether oxygens (including phenoxy) is 2. The van der Waals surface area contributed by atoms with E-state index in [-0.39, 0.29) is 5.75 Å². The second-order valence-electron chi connectivity index (χ2n) is 4.59. The molecule has 1 rings (SSSR count). The molecule has 0 saturated carbocycles.